The Hall–Kier alpha value is -2.60. The van der Waals surface area contributed by atoms with Gasteiger partial charge in [0, 0.05) is 23.8 Å². The van der Waals surface area contributed by atoms with Crippen LogP contribution in [0, 0.1) is 0 Å². The van der Waals surface area contributed by atoms with Crippen molar-refractivity contribution in [3.63, 3.8) is 0 Å². The maximum atomic E-state index is 12.8. The van der Waals surface area contributed by atoms with Gasteiger partial charge >= 0.3 is 0 Å². The Morgan fingerprint density at radius 2 is 1.89 bits per heavy atom. The van der Waals surface area contributed by atoms with Crippen LogP contribution < -0.4 is 10.2 Å². The Labute approximate surface area is 170 Å². The van der Waals surface area contributed by atoms with Crippen LogP contribution in [-0.4, -0.2) is 48.3 Å². The van der Waals surface area contributed by atoms with E-state index in [0.717, 1.165) is 5.56 Å². The average molecular weight is 404 g/mol. The second-order valence-electron chi connectivity index (χ2n) is 7.29. The molecule has 1 aliphatic heterocycles. The highest BCUT2D eigenvalue weighted by Crippen LogP contribution is 2.42. The maximum Gasteiger partial charge on any atom is 0.245 e. The van der Waals surface area contributed by atoms with Crippen LogP contribution in [0.1, 0.15) is 26.3 Å². The molecule has 28 heavy (non-hydrogen) atoms. The van der Waals surface area contributed by atoms with E-state index in [1.807, 2.05) is 0 Å². The molecule has 3 amide bonds. The Kier molecular flexibility index (Phi) is 6.67. The summed E-state index contributed by atoms with van der Waals surface area (Å²) in [5, 5.41) is 3.21. The molecule has 0 fully saturated rings. The molecule has 1 N–H and O–H groups in total. The predicted molar refractivity (Wildman–Crippen MR) is 111 cm³/mol. The van der Waals surface area contributed by atoms with E-state index in [2.05, 4.69) is 18.5 Å². The molecule has 7 heteroatoms. The Morgan fingerprint density at radius 1 is 1.29 bits per heavy atom. The van der Waals surface area contributed by atoms with Crippen LogP contribution in [0.15, 0.2) is 43.5 Å². The molecule has 1 atom stereocenters. The van der Waals surface area contributed by atoms with Crippen molar-refractivity contribution in [3.05, 3.63) is 54.1 Å². The zero-order valence-electron chi connectivity index (χ0n) is 16.5. The van der Waals surface area contributed by atoms with Gasteiger partial charge in [-0.3, -0.25) is 14.4 Å². The van der Waals surface area contributed by atoms with Gasteiger partial charge in [0.05, 0.1) is 5.41 Å². The summed E-state index contributed by atoms with van der Waals surface area (Å²) in [6.07, 6.45) is 3.23. The molecule has 1 unspecified atom stereocenters. The number of anilines is 1. The lowest BCUT2D eigenvalue weighted by Gasteiger charge is -2.25. The fourth-order valence-corrected chi connectivity index (χ4v) is 3.47. The summed E-state index contributed by atoms with van der Waals surface area (Å²) in [5.74, 6) is -0.836. The van der Waals surface area contributed by atoms with Gasteiger partial charge in [-0.25, -0.2) is 0 Å². The van der Waals surface area contributed by atoms with Crippen molar-refractivity contribution in [3.8, 4) is 0 Å². The normalized spacial score (nSPS) is 15.6. The van der Waals surface area contributed by atoms with Crippen molar-refractivity contribution >= 4 is 35.0 Å². The quantitative estimate of drug-likeness (QED) is 0.678. The van der Waals surface area contributed by atoms with Gasteiger partial charge < -0.3 is 15.1 Å². The van der Waals surface area contributed by atoms with Crippen LogP contribution in [0.5, 0.6) is 0 Å². The van der Waals surface area contributed by atoms with E-state index in [4.69, 9.17) is 11.6 Å². The number of amides is 3. The molecule has 150 valence electrons. The number of carbonyl (C=O) groups is 3. The minimum Gasteiger partial charge on any atom is -0.343 e. The summed E-state index contributed by atoms with van der Waals surface area (Å²) in [6.45, 7) is 13.0. The zero-order valence-corrected chi connectivity index (χ0v) is 17.3. The fourth-order valence-electron chi connectivity index (χ4n) is 3.30. The third kappa shape index (κ3) is 4.28. The molecule has 1 aromatic carbocycles. The van der Waals surface area contributed by atoms with Gasteiger partial charge in [0.1, 0.15) is 12.6 Å². The topological polar surface area (TPSA) is 69.7 Å². The first-order valence-corrected chi connectivity index (χ1v) is 9.43. The Balaban J connectivity index is 2.11. The van der Waals surface area contributed by atoms with E-state index in [1.165, 1.54) is 9.80 Å². The number of carbonyl (C=O) groups excluding carboxylic acids is 3. The van der Waals surface area contributed by atoms with Gasteiger partial charge in [0.15, 0.2) is 0 Å². The summed E-state index contributed by atoms with van der Waals surface area (Å²) in [6, 6.07) is 4.44. The van der Waals surface area contributed by atoms with Crippen LogP contribution in [-0.2, 0) is 19.8 Å². The maximum absolute atomic E-state index is 12.8. The van der Waals surface area contributed by atoms with E-state index in [9.17, 15) is 14.4 Å². The molecule has 0 aromatic heterocycles. The minimum atomic E-state index is -0.771. The highest BCUT2D eigenvalue weighted by atomic mass is 35.5. The number of fused-ring (bicyclic) bond motifs is 1. The van der Waals surface area contributed by atoms with Crippen LogP contribution in [0.4, 0.5) is 5.69 Å². The lowest BCUT2D eigenvalue weighted by Crippen LogP contribution is -2.50. The number of nitrogens with one attached hydrogen (secondary N) is 1. The summed E-state index contributed by atoms with van der Waals surface area (Å²) in [5.41, 5.74) is 0.672. The summed E-state index contributed by atoms with van der Waals surface area (Å²) < 4.78 is 0. The minimum absolute atomic E-state index is 0.169. The lowest BCUT2D eigenvalue weighted by molar-refractivity contribution is -0.135. The van der Waals surface area contributed by atoms with E-state index in [-0.39, 0.29) is 18.4 Å². The largest absolute Gasteiger partial charge is 0.343 e. The third-order valence-electron chi connectivity index (χ3n) is 4.76. The van der Waals surface area contributed by atoms with Gasteiger partial charge in [-0.1, -0.05) is 23.8 Å². The third-order valence-corrected chi connectivity index (χ3v) is 5.00. The summed E-state index contributed by atoms with van der Waals surface area (Å²) >= 11 is 6.07. The first kappa shape index (κ1) is 21.7. The molecular weight excluding hydrogens is 378 g/mol. The number of rotatable bonds is 8. The molecular formula is C21H26ClN3O3. The average Bonchev–Trinajstić information content (AvgIpc) is 2.81. The van der Waals surface area contributed by atoms with E-state index < -0.39 is 17.4 Å². The van der Waals surface area contributed by atoms with Crippen LogP contribution in [0.25, 0.3) is 0 Å². The molecule has 0 aliphatic carbocycles. The molecule has 0 saturated heterocycles. The van der Waals surface area contributed by atoms with Crippen molar-refractivity contribution in [1.29, 1.82) is 0 Å². The van der Waals surface area contributed by atoms with Crippen LogP contribution in [0.3, 0.4) is 0 Å². The Morgan fingerprint density at radius 3 is 2.46 bits per heavy atom. The van der Waals surface area contributed by atoms with Crippen molar-refractivity contribution in [2.75, 3.05) is 24.5 Å². The van der Waals surface area contributed by atoms with Crippen molar-refractivity contribution in [1.82, 2.24) is 10.2 Å². The smallest absolute Gasteiger partial charge is 0.245 e. The van der Waals surface area contributed by atoms with Crippen molar-refractivity contribution < 1.29 is 14.4 Å². The lowest BCUT2D eigenvalue weighted by atomic mass is 9.86. The first-order chi connectivity index (χ1) is 13.1. The van der Waals surface area contributed by atoms with Crippen molar-refractivity contribution in [2.45, 2.75) is 32.2 Å². The molecule has 1 aliphatic rings. The molecule has 0 saturated carbocycles. The summed E-state index contributed by atoms with van der Waals surface area (Å²) in [4.78, 5) is 40.9. The van der Waals surface area contributed by atoms with Gasteiger partial charge in [0.2, 0.25) is 17.7 Å². The second kappa shape index (κ2) is 8.61. The van der Waals surface area contributed by atoms with Crippen LogP contribution >= 0.6 is 11.6 Å². The first-order valence-electron chi connectivity index (χ1n) is 9.05. The van der Waals surface area contributed by atoms with Crippen LogP contribution in [0.2, 0.25) is 5.02 Å². The number of hydrogen-bond acceptors (Lipinski definition) is 3. The number of hydrogen-bond donors (Lipinski definition) is 1. The van der Waals surface area contributed by atoms with Gasteiger partial charge in [0.25, 0.3) is 0 Å². The highest BCUT2D eigenvalue weighted by Gasteiger charge is 2.44. The Bertz CT molecular complexity index is 809. The molecule has 1 heterocycles. The van der Waals surface area contributed by atoms with E-state index in [0.29, 0.717) is 23.8 Å². The molecule has 2 rings (SSSR count). The molecule has 1 aromatic rings. The number of nitrogens with zero attached hydrogens (tertiary/aromatic N) is 2. The predicted octanol–water partition coefficient (Wildman–Crippen LogP) is 2.67. The number of benzene rings is 1. The van der Waals surface area contributed by atoms with Gasteiger partial charge in [-0.15, -0.1) is 13.2 Å². The zero-order chi connectivity index (χ0) is 21.1. The van der Waals surface area contributed by atoms with E-state index in [1.54, 1.807) is 51.1 Å². The molecule has 0 spiro atoms. The monoisotopic (exact) mass is 403 g/mol. The highest BCUT2D eigenvalue weighted by molar-refractivity contribution is 6.31. The van der Waals surface area contributed by atoms with Crippen molar-refractivity contribution in [2.24, 2.45) is 0 Å². The SMILES string of the molecule is C=CCN(CC=C)C(=O)C(C)NC(=O)CN1C(=O)C(C)(C)c2cc(Cl)ccc21. The molecule has 0 bridgehead atoms. The molecule has 0 radical (unpaired) electrons. The second-order valence-corrected chi connectivity index (χ2v) is 7.72. The van der Waals surface area contributed by atoms with E-state index >= 15 is 0 Å². The van der Waals surface area contributed by atoms with Gasteiger partial charge in [-0.05, 0) is 44.5 Å². The summed E-state index contributed by atoms with van der Waals surface area (Å²) in [7, 11) is 0. The van der Waals surface area contributed by atoms with Gasteiger partial charge in [-0.2, -0.15) is 0 Å². The molecule has 6 nitrogen and oxygen atoms in total. The fraction of sp³-hybridized carbons (Fsp3) is 0.381. The number of halogens is 1. The standard InChI is InChI=1S/C21H26ClN3O3/c1-6-10-24(11-7-2)19(27)14(3)23-18(26)13-25-17-9-8-15(22)12-16(17)21(4,5)20(25)28/h6-9,12,14H,1-2,10-11,13H2,3-5H3,(H,23,26).